The van der Waals surface area contributed by atoms with Crippen LogP contribution in [0.4, 0.5) is 0 Å². The molecule has 2 aromatic rings. The number of hydrogen-bond acceptors (Lipinski definition) is 2. The van der Waals surface area contributed by atoms with Gasteiger partial charge in [0, 0.05) is 20.9 Å². The van der Waals surface area contributed by atoms with Gasteiger partial charge in [-0.3, -0.25) is 0 Å². The second-order valence-electron chi connectivity index (χ2n) is 4.79. The fourth-order valence-electron chi connectivity index (χ4n) is 2.34. The number of azide groups is 1. The fourth-order valence-corrected chi connectivity index (χ4v) is 2.59. The highest BCUT2D eigenvalue weighted by Gasteiger charge is 2.27. The van der Waals surface area contributed by atoms with E-state index < -0.39 is 12.0 Å². The van der Waals surface area contributed by atoms with Crippen LogP contribution in [0.5, 0.6) is 0 Å². The predicted molar refractivity (Wildman–Crippen MR) is 93.0 cm³/mol. The van der Waals surface area contributed by atoms with Crippen molar-refractivity contribution >= 4 is 23.2 Å². The van der Waals surface area contributed by atoms with Crippen molar-refractivity contribution in [3.63, 3.8) is 0 Å². The Bertz CT molecular complexity index is 729. The standard InChI is InChI=1S/C17H13Cl2N3O/c1-2-15(23)17(21-22-20)16(11-3-7-13(18)8-4-11)12-5-9-14(19)10-6-12/h3-10,16-17,23H,1H2/t17-/m1/s1. The molecule has 0 heterocycles. The van der Waals surface area contributed by atoms with Gasteiger partial charge in [0.25, 0.3) is 0 Å². The molecule has 1 atom stereocenters. The van der Waals surface area contributed by atoms with Gasteiger partial charge in [-0.1, -0.05) is 64.9 Å². The van der Waals surface area contributed by atoms with Crippen molar-refractivity contribution < 1.29 is 5.11 Å². The van der Waals surface area contributed by atoms with Gasteiger partial charge in [0.15, 0.2) is 0 Å². The maximum absolute atomic E-state index is 10.1. The van der Waals surface area contributed by atoms with E-state index in [0.29, 0.717) is 10.0 Å². The van der Waals surface area contributed by atoms with Crippen molar-refractivity contribution in [2.24, 2.45) is 5.11 Å². The lowest BCUT2D eigenvalue weighted by molar-refractivity contribution is 0.356. The molecule has 0 aliphatic heterocycles. The molecule has 0 bridgehead atoms. The van der Waals surface area contributed by atoms with Crippen LogP contribution >= 0.6 is 23.2 Å². The fraction of sp³-hybridized carbons (Fsp3) is 0.118. The Labute approximate surface area is 143 Å². The summed E-state index contributed by atoms with van der Waals surface area (Å²) in [6.45, 7) is 3.42. The molecule has 1 N–H and O–H groups in total. The molecular weight excluding hydrogens is 333 g/mol. The number of aliphatic hydroxyl groups excluding tert-OH is 1. The number of rotatable bonds is 5. The highest BCUT2D eigenvalue weighted by Crippen LogP contribution is 2.34. The highest BCUT2D eigenvalue weighted by molar-refractivity contribution is 6.30. The molecule has 23 heavy (non-hydrogen) atoms. The Balaban J connectivity index is 2.62. The van der Waals surface area contributed by atoms with E-state index in [1.54, 1.807) is 24.3 Å². The third kappa shape index (κ3) is 4.10. The van der Waals surface area contributed by atoms with E-state index >= 15 is 0 Å². The van der Waals surface area contributed by atoms with Crippen LogP contribution in [0.2, 0.25) is 10.0 Å². The average molecular weight is 346 g/mol. The van der Waals surface area contributed by atoms with Crippen LogP contribution in [0.15, 0.2) is 71.7 Å². The first-order valence-corrected chi connectivity index (χ1v) is 7.46. The summed E-state index contributed by atoms with van der Waals surface area (Å²) in [5.74, 6) is -0.646. The third-order valence-corrected chi connectivity index (χ3v) is 3.92. The number of hydrogen-bond donors (Lipinski definition) is 1. The summed E-state index contributed by atoms with van der Waals surface area (Å²) in [7, 11) is 0. The minimum absolute atomic E-state index is 0.224. The molecule has 0 saturated carbocycles. The Morgan fingerprint density at radius 1 is 1.04 bits per heavy atom. The minimum Gasteiger partial charge on any atom is -0.504 e. The first-order chi connectivity index (χ1) is 11.1. The first kappa shape index (κ1) is 17.0. The van der Waals surface area contributed by atoms with Crippen molar-refractivity contribution in [2.75, 3.05) is 0 Å². The maximum Gasteiger partial charge on any atom is 0.144 e. The lowest BCUT2D eigenvalue weighted by atomic mass is 9.84. The van der Waals surface area contributed by atoms with Gasteiger partial charge in [0.2, 0.25) is 0 Å². The summed E-state index contributed by atoms with van der Waals surface area (Å²) < 4.78 is 0. The molecule has 4 nitrogen and oxygen atoms in total. The molecule has 0 saturated heterocycles. The van der Waals surface area contributed by atoms with Gasteiger partial charge in [-0.2, -0.15) is 0 Å². The average Bonchev–Trinajstić information content (AvgIpc) is 2.57. The molecule has 0 unspecified atom stereocenters. The lowest BCUT2D eigenvalue weighted by Gasteiger charge is -2.23. The summed E-state index contributed by atoms with van der Waals surface area (Å²) in [6.07, 6.45) is 0. The van der Waals surface area contributed by atoms with Gasteiger partial charge in [-0.15, -0.1) is 0 Å². The Hall–Kier alpha value is -2.35. The third-order valence-electron chi connectivity index (χ3n) is 3.41. The number of nitrogens with zero attached hydrogens (tertiary/aromatic N) is 3. The smallest absolute Gasteiger partial charge is 0.144 e. The summed E-state index contributed by atoms with van der Waals surface area (Å²) in [4.78, 5) is 2.84. The molecule has 116 valence electrons. The van der Waals surface area contributed by atoms with Crippen molar-refractivity contribution in [1.82, 2.24) is 0 Å². The molecule has 0 amide bonds. The van der Waals surface area contributed by atoms with E-state index in [2.05, 4.69) is 22.3 Å². The van der Waals surface area contributed by atoms with Crippen molar-refractivity contribution in [2.45, 2.75) is 12.0 Å². The normalized spacial score (nSPS) is 11.4. The van der Waals surface area contributed by atoms with Crippen LogP contribution in [-0.2, 0) is 0 Å². The van der Waals surface area contributed by atoms with Crippen LogP contribution in [0.3, 0.4) is 0 Å². The zero-order chi connectivity index (χ0) is 16.8. The van der Waals surface area contributed by atoms with E-state index in [9.17, 15) is 5.11 Å². The summed E-state index contributed by atoms with van der Waals surface area (Å²) >= 11 is 11.9. The number of halogens is 2. The maximum atomic E-state index is 10.1. The van der Waals surface area contributed by atoms with E-state index in [1.165, 1.54) is 0 Å². The van der Waals surface area contributed by atoms with Crippen LogP contribution < -0.4 is 0 Å². The van der Waals surface area contributed by atoms with Crippen molar-refractivity contribution in [3.8, 4) is 0 Å². The van der Waals surface area contributed by atoms with Gasteiger partial charge in [0.05, 0.1) is 0 Å². The first-order valence-electron chi connectivity index (χ1n) is 6.71. The van der Waals surface area contributed by atoms with Gasteiger partial charge < -0.3 is 5.11 Å². The lowest BCUT2D eigenvalue weighted by Crippen LogP contribution is -2.20. The number of benzene rings is 2. The molecular formula is C17H13Cl2N3O. The van der Waals surface area contributed by atoms with E-state index in [-0.39, 0.29) is 5.76 Å². The van der Waals surface area contributed by atoms with Gasteiger partial charge in [-0.05, 0) is 40.9 Å². The molecule has 0 radical (unpaired) electrons. The Morgan fingerprint density at radius 3 is 1.83 bits per heavy atom. The largest absolute Gasteiger partial charge is 0.504 e. The second-order valence-corrected chi connectivity index (χ2v) is 5.67. The molecule has 2 aromatic carbocycles. The molecule has 6 heteroatoms. The van der Waals surface area contributed by atoms with Crippen molar-refractivity contribution in [1.29, 1.82) is 0 Å². The van der Waals surface area contributed by atoms with E-state index in [4.69, 9.17) is 28.7 Å². The number of aliphatic hydroxyl groups is 1. The zero-order valence-electron chi connectivity index (χ0n) is 12.0. The summed E-state index contributed by atoms with van der Waals surface area (Å²) in [6, 6.07) is 13.3. The van der Waals surface area contributed by atoms with Gasteiger partial charge in [-0.25, -0.2) is 0 Å². The topological polar surface area (TPSA) is 69.0 Å². The summed E-state index contributed by atoms with van der Waals surface area (Å²) in [5, 5.41) is 15.0. The van der Waals surface area contributed by atoms with Gasteiger partial charge >= 0.3 is 0 Å². The Morgan fingerprint density at radius 2 is 1.48 bits per heavy atom. The Kier molecular flexibility index (Phi) is 5.75. The molecule has 0 spiro atoms. The molecule has 0 fully saturated rings. The summed E-state index contributed by atoms with van der Waals surface area (Å²) in [5.41, 5.74) is 12.9. The minimum atomic E-state index is -0.875. The monoisotopic (exact) mass is 345 g/mol. The van der Waals surface area contributed by atoms with Crippen LogP contribution in [0, 0.1) is 0 Å². The van der Waals surface area contributed by atoms with E-state index in [1.807, 2.05) is 24.3 Å². The highest BCUT2D eigenvalue weighted by atomic mass is 35.5. The van der Waals surface area contributed by atoms with Gasteiger partial charge in [0.1, 0.15) is 11.8 Å². The van der Waals surface area contributed by atoms with Crippen molar-refractivity contribution in [3.05, 3.63) is 98.2 Å². The van der Waals surface area contributed by atoms with Crippen LogP contribution in [0.1, 0.15) is 17.0 Å². The predicted octanol–water partition coefficient (Wildman–Crippen LogP) is 6.03. The quantitative estimate of drug-likeness (QED) is 0.232. The molecule has 0 aliphatic carbocycles. The van der Waals surface area contributed by atoms with Crippen LogP contribution in [0.25, 0.3) is 10.4 Å². The van der Waals surface area contributed by atoms with E-state index in [0.717, 1.165) is 11.1 Å². The molecule has 2 rings (SSSR count). The SMILES string of the molecule is C=C=C(O)[C@@H](N=[N+]=[N-])C(c1ccc(Cl)cc1)c1ccc(Cl)cc1. The zero-order valence-corrected chi connectivity index (χ0v) is 13.5. The molecule has 0 aromatic heterocycles. The second kappa shape index (κ2) is 7.77. The molecule has 0 aliphatic rings. The van der Waals surface area contributed by atoms with Crippen LogP contribution in [-0.4, -0.2) is 11.1 Å².